The van der Waals surface area contributed by atoms with Gasteiger partial charge in [0.1, 0.15) is 0 Å². The van der Waals surface area contributed by atoms with Gasteiger partial charge in [0, 0.05) is 5.75 Å². The number of hydrogen-bond acceptors (Lipinski definition) is 3. The Morgan fingerprint density at radius 3 is 2.05 bits per heavy atom. The van der Waals surface area contributed by atoms with Crippen molar-refractivity contribution in [1.29, 1.82) is 0 Å². The average molecular weight is 301 g/mol. The number of hydrogen-bond donors (Lipinski definition) is 0. The Morgan fingerprint density at radius 2 is 1.50 bits per heavy atom. The zero-order chi connectivity index (χ0) is 14.9. The third-order valence-corrected chi connectivity index (χ3v) is 4.38. The number of carbonyl (C=O) groups excluding carboxylic acids is 1. The van der Waals surface area contributed by atoms with Crippen molar-refractivity contribution < 1.29 is 9.53 Å². The Balaban J connectivity index is 3.02. The molecule has 0 aliphatic heterocycles. The Bertz CT molecular complexity index is 229. The van der Waals surface area contributed by atoms with Crippen molar-refractivity contribution in [3.8, 4) is 0 Å². The van der Waals surface area contributed by atoms with E-state index in [2.05, 4.69) is 18.2 Å². The van der Waals surface area contributed by atoms with Crippen molar-refractivity contribution in [3.05, 3.63) is 12.8 Å². The van der Waals surface area contributed by atoms with Crippen LogP contribution in [0, 0.1) is 0 Å². The van der Waals surface area contributed by atoms with Gasteiger partial charge in [-0.1, -0.05) is 71.3 Å². The summed E-state index contributed by atoms with van der Waals surface area (Å²) in [6.45, 7) is 5.63. The van der Waals surface area contributed by atoms with E-state index in [0.717, 1.165) is 11.5 Å². The maximum atomic E-state index is 11.0. The zero-order valence-corrected chi connectivity index (χ0v) is 14.0. The molecule has 3 heteroatoms. The highest BCUT2D eigenvalue weighted by atomic mass is 32.2. The summed E-state index contributed by atoms with van der Waals surface area (Å²) in [4.78, 5) is 11.0. The summed E-state index contributed by atoms with van der Waals surface area (Å²) >= 11 is 1.85. The van der Waals surface area contributed by atoms with Gasteiger partial charge in [0.25, 0.3) is 0 Å². The molecule has 0 unspecified atom stereocenters. The summed E-state index contributed by atoms with van der Waals surface area (Å²) in [6, 6.07) is 0. The minimum atomic E-state index is -0.171. The molecule has 0 aliphatic rings. The Hall–Kier alpha value is -0.440. The number of carbonyl (C=O) groups is 1. The second-order valence-electron chi connectivity index (χ2n) is 5.20. The molecule has 0 aliphatic carbocycles. The average Bonchev–Trinajstić information content (AvgIpc) is 2.44. The third kappa shape index (κ3) is 15.6. The van der Waals surface area contributed by atoms with Crippen LogP contribution in [-0.4, -0.2) is 17.5 Å². The minimum Gasteiger partial charge on any atom is -0.435 e. The second kappa shape index (κ2) is 16.6. The van der Waals surface area contributed by atoms with E-state index in [4.69, 9.17) is 0 Å². The van der Waals surface area contributed by atoms with Gasteiger partial charge in [0.15, 0.2) is 0 Å². The normalized spacial score (nSPS) is 10.4. The molecular weight excluding hydrogens is 268 g/mol. The Kier molecular flexibility index (Phi) is 16.2. The highest BCUT2D eigenvalue weighted by Gasteiger charge is 2.00. The molecule has 0 bridgehead atoms. The van der Waals surface area contributed by atoms with Gasteiger partial charge in [-0.3, -0.25) is 4.79 Å². The van der Waals surface area contributed by atoms with Crippen LogP contribution < -0.4 is 0 Å². The molecule has 0 N–H and O–H groups in total. The highest BCUT2D eigenvalue weighted by molar-refractivity contribution is 7.99. The quantitative estimate of drug-likeness (QED) is 0.220. The van der Waals surface area contributed by atoms with Gasteiger partial charge in [-0.25, -0.2) is 0 Å². The van der Waals surface area contributed by atoms with Crippen molar-refractivity contribution >= 4 is 17.7 Å². The van der Waals surface area contributed by atoms with Crippen LogP contribution in [-0.2, 0) is 9.53 Å². The maximum Gasteiger partial charge on any atom is 0.311 e. The van der Waals surface area contributed by atoms with Gasteiger partial charge in [-0.05, 0) is 12.2 Å². The Labute approximate surface area is 129 Å². The SMILES string of the molecule is C=COC(=O)CCSCCCCCCCCCCCC. The number of esters is 1. The lowest BCUT2D eigenvalue weighted by molar-refractivity contribution is -0.137. The van der Waals surface area contributed by atoms with Crippen LogP contribution in [0.4, 0.5) is 0 Å². The molecule has 20 heavy (non-hydrogen) atoms. The first-order valence-corrected chi connectivity index (χ1v) is 9.34. The molecule has 0 saturated carbocycles. The molecule has 118 valence electrons. The lowest BCUT2D eigenvalue weighted by Gasteiger charge is -2.03. The maximum absolute atomic E-state index is 11.0. The van der Waals surface area contributed by atoms with Crippen LogP contribution in [0.1, 0.15) is 77.6 Å². The van der Waals surface area contributed by atoms with Gasteiger partial charge in [-0.15, -0.1) is 0 Å². The summed E-state index contributed by atoms with van der Waals surface area (Å²) in [5.41, 5.74) is 0. The van der Waals surface area contributed by atoms with Gasteiger partial charge in [0.2, 0.25) is 0 Å². The van der Waals surface area contributed by atoms with Crippen molar-refractivity contribution in [2.45, 2.75) is 77.6 Å². The van der Waals surface area contributed by atoms with Crippen LogP contribution >= 0.6 is 11.8 Å². The molecule has 0 aromatic heterocycles. The predicted octanol–water partition coefficient (Wildman–Crippen LogP) is 5.72. The molecule has 0 rings (SSSR count). The van der Waals surface area contributed by atoms with E-state index in [-0.39, 0.29) is 5.97 Å². The van der Waals surface area contributed by atoms with Crippen molar-refractivity contribution in [1.82, 2.24) is 0 Å². The number of ether oxygens (including phenoxy) is 1. The second-order valence-corrected chi connectivity index (χ2v) is 6.43. The van der Waals surface area contributed by atoms with E-state index in [1.54, 1.807) is 0 Å². The summed E-state index contributed by atoms with van der Waals surface area (Å²) in [5.74, 6) is 1.86. The summed E-state index contributed by atoms with van der Waals surface area (Å²) in [6.07, 6.45) is 15.5. The predicted molar refractivity (Wildman–Crippen MR) is 90.1 cm³/mol. The number of unbranched alkanes of at least 4 members (excludes halogenated alkanes) is 9. The Morgan fingerprint density at radius 1 is 0.950 bits per heavy atom. The minimum absolute atomic E-state index is 0.171. The lowest BCUT2D eigenvalue weighted by Crippen LogP contribution is -2.00. The molecule has 0 fully saturated rings. The molecular formula is C17H32O2S. The highest BCUT2D eigenvalue weighted by Crippen LogP contribution is 2.12. The summed E-state index contributed by atoms with van der Waals surface area (Å²) in [7, 11) is 0. The molecule has 0 amide bonds. The van der Waals surface area contributed by atoms with Crippen LogP contribution in [0.15, 0.2) is 12.8 Å². The van der Waals surface area contributed by atoms with Crippen molar-refractivity contribution in [2.24, 2.45) is 0 Å². The molecule has 0 atom stereocenters. The van der Waals surface area contributed by atoms with Crippen LogP contribution in [0.2, 0.25) is 0 Å². The summed E-state index contributed by atoms with van der Waals surface area (Å²) < 4.78 is 4.66. The van der Waals surface area contributed by atoms with Crippen LogP contribution in [0.25, 0.3) is 0 Å². The third-order valence-electron chi connectivity index (χ3n) is 3.31. The van der Waals surface area contributed by atoms with E-state index in [1.165, 1.54) is 70.5 Å². The smallest absolute Gasteiger partial charge is 0.311 e. The van der Waals surface area contributed by atoms with E-state index < -0.39 is 0 Å². The van der Waals surface area contributed by atoms with Gasteiger partial charge in [0.05, 0.1) is 12.7 Å². The first kappa shape index (κ1) is 19.6. The van der Waals surface area contributed by atoms with E-state index in [1.807, 2.05) is 11.8 Å². The van der Waals surface area contributed by atoms with Crippen molar-refractivity contribution in [2.75, 3.05) is 11.5 Å². The molecule has 0 heterocycles. The fourth-order valence-corrected chi connectivity index (χ4v) is 3.02. The largest absolute Gasteiger partial charge is 0.435 e. The number of thioether (sulfide) groups is 1. The number of rotatable bonds is 15. The fourth-order valence-electron chi connectivity index (χ4n) is 2.10. The first-order valence-electron chi connectivity index (χ1n) is 8.19. The molecule has 0 saturated heterocycles. The van der Waals surface area contributed by atoms with E-state index in [9.17, 15) is 4.79 Å². The van der Waals surface area contributed by atoms with E-state index >= 15 is 0 Å². The van der Waals surface area contributed by atoms with Gasteiger partial charge in [-0.2, -0.15) is 11.8 Å². The van der Waals surface area contributed by atoms with E-state index in [0.29, 0.717) is 6.42 Å². The van der Waals surface area contributed by atoms with Crippen LogP contribution in [0.3, 0.4) is 0 Å². The van der Waals surface area contributed by atoms with Crippen molar-refractivity contribution in [3.63, 3.8) is 0 Å². The van der Waals surface area contributed by atoms with Gasteiger partial charge < -0.3 is 4.74 Å². The standard InChI is InChI=1S/C17H32O2S/c1-3-5-6-7-8-9-10-11-12-13-15-20-16-14-17(18)19-4-2/h4H,2-3,5-16H2,1H3. The topological polar surface area (TPSA) is 26.3 Å². The first-order chi connectivity index (χ1) is 9.81. The molecule has 2 nitrogen and oxygen atoms in total. The van der Waals surface area contributed by atoms with Gasteiger partial charge >= 0.3 is 5.97 Å². The monoisotopic (exact) mass is 300 g/mol. The molecule has 0 aromatic carbocycles. The zero-order valence-electron chi connectivity index (χ0n) is 13.2. The molecule has 0 radical (unpaired) electrons. The van der Waals surface area contributed by atoms with Crippen LogP contribution in [0.5, 0.6) is 0 Å². The lowest BCUT2D eigenvalue weighted by atomic mass is 10.1. The fraction of sp³-hybridized carbons (Fsp3) is 0.824. The molecule has 0 aromatic rings. The summed E-state index contributed by atoms with van der Waals surface area (Å²) in [5, 5.41) is 0. The molecule has 0 spiro atoms.